The quantitative estimate of drug-likeness (QED) is 0.842. The van der Waals surface area contributed by atoms with E-state index in [2.05, 4.69) is 5.32 Å². The number of ether oxygens (including phenoxy) is 1. The Balaban J connectivity index is 1.85. The lowest BCUT2D eigenvalue weighted by Gasteiger charge is -2.35. The molecule has 7 nitrogen and oxygen atoms in total. The molecule has 3 atom stereocenters. The van der Waals surface area contributed by atoms with E-state index in [9.17, 15) is 13.2 Å². The number of hydrogen-bond donors (Lipinski definition) is 1. The lowest BCUT2D eigenvalue weighted by molar-refractivity contribution is -0.0440. The number of amides is 1. The van der Waals surface area contributed by atoms with Gasteiger partial charge >= 0.3 is 0 Å². The maximum absolute atomic E-state index is 13.0. The molecule has 2 saturated heterocycles. The average molecular weight is 381 g/mol. The van der Waals surface area contributed by atoms with Crippen LogP contribution < -0.4 is 5.32 Å². The molecule has 2 heterocycles. The third-order valence-electron chi connectivity index (χ3n) is 4.87. The Morgan fingerprint density at radius 1 is 1.19 bits per heavy atom. The number of nitrogens with one attached hydrogen (secondary N) is 1. The Morgan fingerprint density at radius 3 is 2.54 bits per heavy atom. The van der Waals surface area contributed by atoms with E-state index in [-0.39, 0.29) is 29.1 Å². The van der Waals surface area contributed by atoms with Gasteiger partial charge in [0.15, 0.2) is 0 Å². The number of rotatable bonds is 3. The third kappa shape index (κ3) is 3.93. The molecular weight excluding hydrogens is 354 g/mol. The summed E-state index contributed by atoms with van der Waals surface area (Å²) in [6.45, 7) is 8.47. The van der Waals surface area contributed by atoms with Crippen LogP contribution in [0.25, 0.3) is 0 Å². The molecule has 0 spiro atoms. The highest BCUT2D eigenvalue weighted by Gasteiger charge is 2.33. The van der Waals surface area contributed by atoms with Crippen LogP contribution in [-0.2, 0) is 14.8 Å². The number of sulfonamides is 1. The molecule has 2 fully saturated rings. The van der Waals surface area contributed by atoms with E-state index in [4.69, 9.17) is 4.74 Å². The highest BCUT2D eigenvalue weighted by molar-refractivity contribution is 7.89. The molecule has 2 aliphatic heterocycles. The molecule has 1 N–H and O–H groups in total. The molecule has 26 heavy (non-hydrogen) atoms. The predicted molar refractivity (Wildman–Crippen MR) is 98.6 cm³/mol. The number of nitrogens with zero attached hydrogens (tertiary/aromatic N) is 2. The molecule has 1 aromatic rings. The minimum atomic E-state index is -3.66. The zero-order valence-electron chi connectivity index (χ0n) is 15.5. The minimum Gasteiger partial charge on any atom is -0.373 e. The molecule has 3 unspecified atom stereocenters. The first-order valence-electron chi connectivity index (χ1n) is 9.06. The Kier molecular flexibility index (Phi) is 5.67. The van der Waals surface area contributed by atoms with E-state index in [0.717, 1.165) is 13.1 Å². The number of hydrogen-bond acceptors (Lipinski definition) is 5. The summed E-state index contributed by atoms with van der Waals surface area (Å²) >= 11 is 0. The largest absolute Gasteiger partial charge is 0.373 e. The van der Waals surface area contributed by atoms with Crippen LogP contribution in [0, 0.1) is 0 Å². The summed E-state index contributed by atoms with van der Waals surface area (Å²) < 4.78 is 33.1. The van der Waals surface area contributed by atoms with Crippen molar-refractivity contribution in [2.24, 2.45) is 0 Å². The number of piperazine rings is 1. The van der Waals surface area contributed by atoms with Crippen molar-refractivity contribution in [2.45, 2.75) is 43.9 Å². The van der Waals surface area contributed by atoms with Gasteiger partial charge in [-0.1, -0.05) is 6.07 Å². The van der Waals surface area contributed by atoms with E-state index in [0.29, 0.717) is 25.2 Å². The van der Waals surface area contributed by atoms with Crippen molar-refractivity contribution in [3.63, 3.8) is 0 Å². The first-order valence-corrected chi connectivity index (χ1v) is 10.5. The van der Waals surface area contributed by atoms with E-state index >= 15 is 0 Å². The van der Waals surface area contributed by atoms with Crippen molar-refractivity contribution in [2.75, 3.05) is 32.7 Å². The molecule has 0 radical (unpaired) electrons. The van der Waals surface area contributed by atoms with Crippen molar-refractivity contribution >= 4 is 15.9 Å². The number of carbonyl (C=O) groups is 1. The van der Waals surface area contributed by atoms with Gasteiger partial charge in [-0.15, -0.1) is 0 Å². The van der Waals surface area contributed by atoms with E-state index < -0.39 is 10.0 Å². The summed E-state index contributed by atoms with van der Waals surface area (Å²) in [5.41, 5.74) is 0.411. The lowest BCUT2D eigenvalue weighted by atomic mass is 10.1. The number of benzene rings is 1. The van der Waals surface area contributed by atoms with E-state index in [1.165, 1.54) is 10.4 Å². The molecule has 1 amide bonds. The van der Waals surface area contributed by atoms with Gasteiger partial charge in [0, 0.05) is 44.3 Å². The molecule has 3 rings (SSSR count). The molecule has 144 valence electrons. The molecule has 0 aliphatic carbocycles. The van der Waals surface area contributed by atoms with Crippen LogP contribution >= 0.6 is 0 Å². The zero-order chi connectivity index (χ0) is 18.9. The van der Waals surface area contributed by atoms with Crippen molar-refractivity contribution in [1.82, 2.24) is 14.5 Å². The third-order valence-corrected chi connectivity index (χ3v) is 6.69. The van der Waals surface area contributed by atoms with Crippen LogP contribution in [0.5, 0.6) is 0 Å². The normalized spacial score (nSPS) is 28.1. The lowest BCUT2D eigenvalue weighted by Crippen LogP contribution is -2.52. The van der Waals surface area contributed by atoms with Gasteiger partial charge in [-0.3, -0.25) is 4.79 Å². The van der Waals surface area contributed by atoms with E-state index in [1.54, 1.807) is 23.1 Å². The molecular formula is C18H27N3O4S. The standard InChI is InChI=1S/C18H27N3O4S/c1-13-10-19-7-8-21(13)18(22)16-5-4-6-17(9-16)26(23,24)20-11-14(2)25-15(3)12-20/h4-6,9,13-15,19H,7-8,10-12H2,1-3H3. The van der Waals surface area contributed by atoms with Gasteiger partial charge in [0.1, 0.15) is 0 Å². The van der Waals surface area contributed by atoms with Gasteiger partial charge in [-0.25, -0.2) is 8.42 Å². The fraction of sp³-hybridized carbons (Fsp3) is 0.611. The number of morpholine rings is 1. The summed E-state index contributed by atoms with van der Waals surface area (Å²) in [5, 5.41) is 3.25. The molecule has 0 aromatic heterocycles. The molecule has 8 heteroatoms. The van der Waals surface area contributed by atoms with Crippen molar-refractivity contribution in [3.05, 3.63) is 29.8 Å². The van der Waals surface area contributed by atoms with Gasteiger partial charge in [-0.2, -0.15) is 4.31 Å². The summed E-state index contributed by atoms with van der Waals surface area (Å²) in [6.07, 6.45) is -0.305. The van der Waals surface area contributed by atoms with Crippen LogP contribution in [0.4, 0.5) is 0 Å². The topological polar surface area (TPSA) is 79.0 Å². The van der Waals surface area contributed by atoms with E-state index in [1.807, 2.05) is 20.8 Å². The molecule has 1 aromatic carbocycles. The summed E-state index contributed by atoms with van der Waals surface area (Å²) in [4.78, 5) is 14.8. The van der Waals surface area contributed by atoms with Crippen LogP contribution in [0.3, 0.4) is 0 Å². The maximum atomic E-state index is 13.0. The maximum Gasteiger partial charge on any atom is 0.254 e. The molecule has 2 aliphatic rings. The fourth-order valence-electron chi connectivity index (χ4n) is 3.57. The monoisotopic (exact) mass is 381 g/mol. The van der Waals surface area contributed by atoms with Crippen LogP contribution in [0.2, 0.25) is 0 Å². The Morgan fingerprint density at radius 2 is 1.88 bits per heavy atom. The van der Waals surface area contributed by atoms with Crippen LogP contribution in [-0.4, -0.2) is 74.5 Å². The summed E-state index contributed by atoms with van der Waals surface area (Å²) in [7, 11) is -3.66. The minimum absolute atomic E-state index is 0.0810. The van der Waals surface area contributed by atoms with Gasteiger partial charge in [0.05, 0.1) is 17.1 Å². The van der Waals surface area contributed by atoms with Gasteiger partial charge < -0.3 is 15.0 Å². The zero-order valence-corrected chi connectivity index (χ0v) is 16.3. The van der Waals surface area contributed by atoms with Gasteiger partial charge in [-0.05, 0) is 39.0 Å². The van der Waals surface area contributed by atoms with Crippen molar-refractivity contribution in [1.29, 1.82) is 0 Å². The predicted octanol–water partition coefficient (Wildman–Crippen LogP) is 0.918. The Bertz CT molecular complexity index is 757. The van der Waals surface area contributed by atoms with Crippen LogP contribution in [0.15, 0.2) is 29.2 Å². The number of carbonyl (C=O) groups excluding carboxylic acids is 1. The van der Waals surface area contributed by atoms with Gasteiger partial charge in [0.25, 0.3) is 5.91 Å². The first kappa shape index (κ1) is 19.3. The fourth-order valence-corrected chi connectivity index (χ4v) is 5.21. The second-order valence-corrected chi connectivity index (χ2v) is 9.10. The summed E-state index contributed by atoms with van der Waals surface area (Å²) in [5.74, 6) is -0.125. The highest BCUT2D eigenvalue weighted by atomic mass is 32.2. The summed E-state index contributed by atoms with van der Waals surface area (Å²) in [6, 6.07) is 6.45. The highest BCUT2D eigenvalue weighted by Crippen LogP contribution is 2.22. The van der Waals surface area contributed by atoms with Crippen molar-refractivity contribution < 1.29 is 17.9 Å². The smallest absolute Gasteiger partial charge is 0.254 e. The Labute approximate surface area is 155 Å². The second-order valence-electron chi connectivity index (χ2n) is 7.16. The molecule has 0 saturated carbocycles. The Hall–Kier alpha value is -1.48. The van der Waals surface area contributed by atoms with Crippen LogP contribution in [0.1, 0.15) is 31.1 Å². The van der Waals surface area contributed by atoms with Gasteiger partial charge in [0.2, 0.25) is 10.0 Å². The second kappa shape index (κ2) is 7.64. The molecule has 0 bridgehead atoms. The first-order chi connectivity index (χ1) is 12.3. The van der Waals surface area contributed by atoms with Crippen molar-refractivity contribution in [3.8, 4) is 0 Å². The average Bonchev–Trinajstić information content (AvgIpc) is 2.61. The SMILES string of the molecule is CC1CN(S(=O)(=O)c2cccc(C(=O)N3CCNCC3C)c2)CC(C)O1.